The summed E-state index contributed by atoms with van der Waals surface area (Å²) in [4.78, 5) is 0. The SMILES string of the molecule is CNC(c1ccnn1-c1ccccc1)C1CCCO1. The van der Waals surface area contributed by atoms with Crippen LogP contribution in [0.4, 0.5) is 0 Å². The van der Waals surface area contributed by atoms with Crippen LogP contribution in [-0.2, 0) is 4.74 Å². The number of aromatic nitrogens is 2. The van der Waals surface area contributed by atoms with E-state index in [1.807, 2.05) is 36.1 Å². The van der Waals surface area contributed by atoms with E-state index in [2.05, 4.69) is 28.6 Å². The molecule has 3 rings (SSSR count). The molecule has 100 valence electrons. The largest absolute Gasteiger partial charge is 0.376 e. The molecule has 1 aromatic carbocycles. The first kappa shape index (κ1) is 12.4. The lowest BCUT2D eigenvalue weighted by Crippen LogP contribution is -2.30. The summed E-state index contributed by atoms with van der Waals surface area (Å²) in [5.74, 6) is 0. The fourth-order valence-electron chi connectivity index (χ4n) is 2.72. The molecule has 0 aliphatic carbocycles. The van der Waals surface area contributed by atoms with Crippen LogP contribution in [0.2, 0.25) is 0 Å². The average Bonchev–Trinajstić information content (AvgIpc) is 3.12. The van der Waals surface area contributed by atoms with Crippen molar-refractivity contribution < 1.29 is 4.74 Å². The van der Waals surface area contributed by atoms with Gasteiger partial charge < -0.3 is 10.1 Å². The van der Waals surface area contributed by atoms with Crippen LogP contribution in [0.1, 0.15) is 24.6 Å². The molecule has 2 heterocycles. The van der Waals surface area contributed by atoms with E-state index in [1.165, 1.54) is 0 Å². The van der Waals surface area contributed by atoms with Crippen LogP contribution in [0.5, 0.6) is 0 Å². The molecule has 0 saturated carbocycles. The van der Waals surface area contributed by atoms with Crippen LogP contribution in [0.25, 0.3) is 5.69 Å². The third-order valence-electron chi connectivity index (χ3n) is 3.64. The van der Waals surface area contributed by atoms with Crippen molar-refractivity contribution in [3.05, 3.63) is 48.3 Å². The summed E-state index contributed by atoms with van der Waals surface area (Å²) in [5, 5.41) is 7.82. The molecule has 4 heteroatoms. The topological polar surface area (TPSA) is 39.1 Å². The summed E-state index contributed by atoms with van der Waals surface area (Å²) in [6.07, 6.45) is 4.33. The van der Waals surface area contributed by atoms with E-state index in [4.69, 9.17) is 4.74 Å². The molecule has 2 aromatic rings. The van der Waals surface area contributed by atoms with Gasteiger partial charge in [-0.2, -0.15) is 5.10 Å². The van der Waals surface area contributed by atoms with Gasteiger partial charge in [-0.25, -0.2) is 4.68 Å². The summed E-state index contributed by atoms with van der Waals surface area (Å²) < 4.78 is 7.81. The highest BCUT2D eigenvalue weighted by molar-refractivity contribution is 5.33. The number of nitrogens with zero attached hydrogens (tertiary/aromatic N) is 2. The number of para-hydroxylation sites is 1. The van der Waals surface area contributed by atoms with Crippen molar-refractivity contribution in [3.8, 4) is 5.69 Å². The van der Waals surface area contributed by atoms with Crippen molar-refractivity contribution >= 4 is 0 Å². The molecule has 1 saturated heterocycles. The second-order valence-electron chi connectivity index (χ2n) is 4.82. The van der Waals surface area contributed by atoms with Crippen LogP contribution in [0, 0.1) is 0 Å². The van der Waals surface area contributed by atoms with E-state index < -0.39 is 0 Å². The van der Waals surface area contributed by atoms with Crippen molar-refractivity contribution in [2.45, 2.75) is 25.0 Å². The summed E-state index contributed by atoms with van der Waals surface area (Å²) in [7, 11) is 1.98. The summed E-state index contributed by atoms with van der Waals surface area (Å²) in [6.45, 7) is 0.863. The zero-order valence-electron chi connectivity index (χ0n) is 11.1. The molecule has 1 aliphatic rings. The third kappa shape index (κ3) is 2.41. The number of rotatable bonds is 4. The number of ether oxygens (including phenoxy) is 1. The highest BCUT2D eigenvalue weighted by Gasteiger charge is 2.28. The van der Waals surface area contributed by atoms with Crippen molar-refractivity contribution in [1.29, 1.82) is 0 Å². The first-order valence-electron chi connectivity index (χ1n) is 6.78. The fraction of sp³-hybridized carbons (Fsp3) is 0.400. The Morgan fingerprint density at radius 2 is 2.16 bits per heavy atom. The van der Waals surface area contributed by atoms with E-state index >= 15 is 0 Å². The maximum atomic E-state index is 5.82. The molecule has 0 bridgehead atoms. The first-order valence-corrected chi connectivity index (χ1v) is 6.78. The lowest BCUT2D eigenvalue weighted by Gasteiger charge is -2.23. The molecular formula is C15H19N3O. The minimum Gasteiger partial charge on any atom is -0.376 e. The average molecular weight is 257 g/mol. The molecular weight excluding hydrogens is 238 g/mol. The number of hydrogen-bond acceptors (Lipinski definition) is 3. The predicted molar refractivity (Wildman–Crippen MR) is 74.3 cm³/mol. The van der Waals surface area contributed by atoms with Gasteiger partial charge in [-0.1, -0.05) is 18.2 Å². The van der Waals surface area contributed by atoms with E-state index in [1.54, 1.807) is 0 Å². The predicted octanol–water partition coefficient (Wildman–Crippen LogP) is 2.31. The zero-order chi connectivity index (χ0) is 13.1. The van der Waals surface area contributed by atoms with Crippen LogP contribution in [0.3, 0.4) is 0 Å². The minimum absolute atomic E-state index is 0.185. The van der Waals surface area contributed by atoms with E-state index in [-0.39, 0.29) is 12.1 Å². The van der Waals surface area contributed by atoms with E-state index in [0.717, 1.165) is 30.8 Å². The Kier molecular flexibility index (Phi) is 3.62. The summed E-state index contributed by atoms with van der Waals surface area (Å²) in [6, 6.07) is 12.5. The second-order valence-corrected chi connectivity index (χ2v) is 4.82. The van der Waals surface area contributed by atoms with Crippen LogP contribution >= 0.6 is 0 Å². The van der Waals surface area contributed by atoms with Crippen LogP contribution in [-0.4, -0.2) is 29.5 Å². The van der Waals surface area contributed by atoms with Crippen molar-refractivity contribution in [3.63, 3.8) is 0 Å². The maximum absolute atomic E-state index is 5.82. The molecule has 0 radical (unpaired) electrons. The molecule has 0 amide bonds. The van der Waals surface area contributed by atoms with Gasteiger partial charge in [0.1, 0.15) is 0 Å². The number of nitrogens with one attached hydrogen (secondary N) is 1. The zero-order valence-corrected chi connectivity index (χ0v) is 11.1. The molecule has 4 nitrogen and oxygen atoms in total. The van der Waals surface area contributed by atoms with Gasteiger partial charge in [0.2, 0.25) is 0 Å². The van der Waals surface area contributed by atoms with Gasteiger partial charge in [-0.05, 0) is 38.1 Å². The molecule has 1 N–H and O–H groups in total. The number of hydrogen-bond donors (Lipinski definition) is 1. The fourth-order valence-corrected chi connectivity index (χ4v) is 2.72. The Hall–Kier alpha value is -1.65. The van der Waals surface area contributed by atoms with Gasteiger partial charge in [0.25, 0.3) is 0 Å². The van der Waals surface area contributed by atoms with Crippen molar-refractivity contribution in [2.24, 2.45) is 0 Å². The molecule has 19 heavy (non-hydrogen) atoms. The quantitative estimate of drug-likeness (QED) is 0.913. The Labute approximate surface area is 113 Å². The second kappa shape index (κ2) is 5.55. The lowest BCUT2D eigenvalue weighted by molar-refractivity contribution is 0.0788. The van der Waals surface area contributed by atoms with E-state index in [9.17, 15) is 0 Å². The van der Waals surface area contributed by atoms with Crippen molar-refractivity contribution in [2.75, 3.05) is 13.7 Å². The van der Waals surface area contributed by atoms with Gasteiger partial charge in [0, 0.05) is 12.8 Å². The minimum atomic E-state index is 0.185. The van der Waals surface area contributed by atoms with Gasteiger partial charge in [0.05, 0.1) is 23.5 Å². The smallest absolute Gasteiger partial charge is 0.0785 e. The highest BCUT2D eigenvalue weighted by atomic mass is 16.5. The maximum Gasteiger partial charge on any atom is 0.0785 e. The standard InChI is InChI=1S/C15H19N3O/c1-16-15(14-8-5-11-19-14)13-9-10-17-18(13)12-6-3-2-4-7-12/h2-4,6-7,9-10,14-16H,5,8,11H2,1H3. The summed E-state index contributed by atoms with van der Waals surface area (Å²) in [5.41, 5.74) is 2.24. The normalized spacial score (nSPS) is 20.6. The Morgan fingerprint density at radius 3 is 2.84 bits per heavy atom. The molecule has 2 atom stereocenters. The molecule has 1 aliphatic heterocycles. The Morgan fingerprint density at radius 1 is 1.32 bits per heavy atom. The number of likely N-dealkylation sites (N-methyl/N-ethyl adjacent to an activating group) is 1. The highest BCUT2D eigenvalue weighted by Crippen LogP contribution is 2.27. The Balaban J connectivity index is 1.94. The van der Waals surface area contributed by atoms with Gasteiger partial charge in [-0.3, -0.25) is 0 Å². The van der Waals surface area contributed by atoms with Crippen LogP contribution in [0.15, 0.2) is 42.6 Å². The van der Waals surface area contributed by atoms with Gasteiger partial charge in [0.15, 0.2) is 0 Å². The van der Waals surface area contributed by atoms with E-state index in [0.29, 0.717) is 0 Å². The molecule has 1 aromatic heterocycles. The van der Waals surface area contributed by atoms with Gasteiger partial charge in [-0.15, -0.1) is 0 Å². The summed E-state index contributed by atoms with van der Waals surface area (Å²) >= 11 is 0. The third-order valence-corrected chi connectivity index (χ3v) is 3.64. The Bertz CT molecular complexity index is 517. The molecule has 1 fully saturated rings. The lowest BCUT2D eigenvalue weighted by atomic mass is 10.0. The van der Waals surface area contributed by atoms with Gasteiger partial charge >= 0.3 is 0 Å². The first-order chi connectivity index (χ1) is 9.40. The number of benzene rings is 1. The van der Waals surface area contributed by atoms with Crippen molar-refractivity contribution in [1.82, 2.24) is 15.1 Å². The van der Waals surface area contributed by atoms with Crippen LogP contribution < -0.4 is 5.32 Å². The molecule has 2 unspecified atom stereocenters. The molecule has 0 spiro atoms. The monoisotopic (exact) mass is 257 g/mol.